The van der Waals surface area contributed by atoms with Gasteiger partial charge < -0.3 is 14.6 Å². The fourth-order valence-corrected chi connectivity index (χ4v) is 2.66. The van der Waals surface area contributed by atoms with E-state index in [9.17, 15) is 9.59 Å². The lowest BCUT2D eigenvalue weighted by Crippen LogP contribution is -2.30. The average Bonchev–Trinajstić information content (AvgIpc) is 2.84. The molecule has 1 unspecified atom stereocenters. The molecule has 0 aromatic carbocycles. The molecule has 1 atom stereocenters. The smallest absolute Gasteiger partial charge is 0.358 e. The number of carbonyl (C=O) groups is 2. The summed E-state index contributed by atoms with van der Waals surface area (Å²) in [6.45, 7) is 2.16. The van der Waals surface area contributed by atoms with Crippen molar-refractivity contribution in [3.05, 3.63) is 22.8 Å². The standard InChI is InChI=1S/C13H13NO5/c1-2-6-3-9-12(19-5-18-9)7-4-8(15)11(13(16)17)14-10(6)7/h6H,2-5H2,1H3,(H,16,17). The molecule has 19 heavy (non-hydrogen) atoms. The first-order chi connectivity index (χ1) is 9.11. The number of hydrogen-bond acceptors (Lipinski definition) is 5. The molecule has 0 amide bonds. The third-order valence-electron chi connectivity index (χ3n) is 3.62. The highest BCUT2D eigenvalue weighted by molar-refractivity contribution is 6.64. The van der Waals surface area contributed by atoms with E-state index in [1.54, 1.807) is 0 Å². The minimum absolute atomic E-state index is 0.0269. The van der Waals surface area contributed by atoms with Crippen LogP contribution in [0.15, 0.2) is 27.8 Å². The van der Waals surface area contributed by atoms with Crippen LogP contribution in [0, 0.1) is 5.92 Å². The summed E-state index contributed by atoms with van der Waals surface area (Å²) in [5, 5.41) is 9.00. The van der Waals surface area contributed by atoms with Crippen molar-refractivity contribution in [3.63, 3.8) is 0 Å². The summed E-state index contributed by atoms with van der Waals surface area (Å²) in [5.74, 6) is -0.327. The van der Waals surface area contributed by atoms with Gasteiger partial charge in [-0.3, -0.25) is 4.79 Å². The second kappa shape index (κ2) is 4.22. The topological polar surface area (TPSA) is 85.2 Å². The molecule has 0 spiro atoms. The van der Waals surface area contributed by atoms with Crippen molar-refractivity contribution in [2.24, 2.45) is 10.9 Å². The first-order valence-corrected chi connectivity index (χ1v) is 6.19. The molecule has 0 aromatic rings. The molecule has 0 saturated carbocycles. The second-order valence-electron chi connectivity index (χ2n) is 4.70. The summed E-state index contributed by atoms with van der Waals surface area (Å²) in [5.41, 5.74) is 0.990. The van der Waals surface area contributed by atoms with E-state index in [-0.39, 0.29) is 24.8 Å². The van der Waals surface area contributed by atoms with Gasteiger partial charge in [-0.2, -0.15) is 0 Å². The van der Waals surface area contributed by atoms with Gasteiger partial charge in [0.1, 0.15) is 5.76 Å². The quantitative estimate of drug-likeness (QED) is 0.813. The van der Waals surface area contributed by atoms with E-state index >= 15 is 0 Å². The number of Topliss-reactive ketones (excluding diaryl/α,β-unsaturated/α-hetero) is 1. The van der Waals surface area contributed by atoms with Gasteiger partial charge in [-0.25, -0.2) is 9.79 Å². The predicted octanol–water partition coefficient (Wildman–Crippen LogP) is 1.38. The average molecular weight is 263 g/mol. The Bertz CT molecular complexity index is 570. The summed E-state index contributed by atoms with van der Waals surface area (Å²) < 4.78 is 10.8. The summed E-state index contributed by atoms with van der Waals surface area (Å²) >= 11 is 0. The highest BCUT2D eigenvalue weighted by Crippen LogP contribution is 2.43. The Morgan fingerprint density at radius 1 is 1.47 bits per heavy atom. The lowest BCUT2D eigenvalue weighted by atomic mass is 9.84. The zero-order valence-corrected chi connectivity index (χ0v) is 10.4. The van der Waals surface area contributed by atoms with Crippen LogP contribution in [-0.2, 0) is 19.1 Å². The maximum absolute atomic E-state index is 11.8. The van der Waals surface area contributed by atoms with Crippen LogP contribution in [0.2, 0.25) is 0 Å². The van der Waals surface area contributed by atoms with Crippen LogP contribution in [0.4, 0.5) is 0 Å². The second-order valence-corrected chi connectivity index (χ2v) is 4.70. The van der Waals surface area contributed by atoms with Crippen LogP contribution in [-0.4, -0.2) is 29.4 Å². The molecule has 6 nitrogen and oxygen atoms in total. The van der Waals surface area contributed by atoms with E-state index in [0.717, 1.165) is 12.2 Å². The van der Waals surface area contributed by atoms with Crippen molar-refractivity contribution in [2.75, 3.05) is 6.79 Å². The molecule has 0 saturated heterocycles. The SMILES string of the molecule is CCC1CC2=C(OCO2)C2=C1N=C(C(=O)O)C(=O)C2. The zero-order valence-electron chi connectivity index (χ0n) is 10.4. The maximum Gasteiger partial charge on any atom is 0.358 e. The Hall–Kier alpha value is -2.11. The zero-order chi connectivity index (χ0) is 13.6. The monoisotopic (exact) mass is 263 g/mol. The Morgan fingerprint density at radius 3 is 2.95 bits per heavy atom. The molecule has 3 rings (SSSR count). The van der Waals surface area contributed by atoms with Gasteiger partial charge in [-0.05, 0) is 6.42 Å². The van der Waals surface area contributed by atoms with E-state index in [2.05, 4.69) is 4.99 Å². The number of hydrogen-bond donors (Lipinski definition) is 1. The largest absolute Gasteiger partial charge is 0.476 e. The molecule has 0 fully saturated rings. The number of nitrogens with zero attached hydrogens (tertiary/aromatic N) is 1. The number of carboxylic acid groups (broad SMARTS) is 1. The first-order valence-electron chi connectivity index (χ1n) is 6.19. The lowest BCUT2D eigenvalue weighted by molar-refractivity contribution is -0.130. The first kappa shape index (κ1) is 12.0. The molecule has 3 aliphatic rings. The molecule has 0 bridgehead atoms. The van der Waals surface area contributed by atoms with E-state index in [0.29, 0.717) is 23.5 Å². The number of rotatable bonds is 2. The van der Waals surface area contributed by atoms with Crippen molar-refractivity contribution < 1.29 is 24.2 Å². The van der Waals surface area contributed by atoms with Crippen LogP contribution in [0.25, 0.3) is 0 Å². The van der Waals surface area contributed by atoms with Crippen molar-refractivity contribution in [3.8, 4) is 0 Å². The van der Waals surface area contributed by atoms with Gasteiger partial charge in [0.25, 0.3) is 0 Å². The number of aliphatic imine (C=N–C) groups is 1. The number of allylic oxidation sites excluding steroid dienone is 3. The molecule has 6 heteroatoms. The fraction of sp³-hybridized carbons (Fsp3) is 0.462. The predicted molar refractivity (Wildman–Crippen MR) is 64.2 cm³/mol. The molecular formula is C13H13NO5. The van der Waals surface area contributed by atoms with Crippen LogP contribution in [0.5, 0.6) is 0 Å². The highest BCUT2D eigenvalue weighted by atomic mass is 16.7. The Morgan fingerprint density at radius 2 is 2.26 bits per heavy atom. The van der Waals surface area contributed by atoms with Crippen molar-refractivity contribution in [2.45, 2.75) is 26.2 Å². The molecule has 1 aliphatic carbocycles. The maximum atomic E-state index is 11.8. The van der Waals surface area contributed by atoms with Crippen molar-refractivity contribution >= 4 is 17.5 Å². The van der Waals surface area contributed by atoms with Gasteiger partial charge in [0.05, 0.1) is 5.70 Å². The van der Waals surface area contributed by atoms with Crippen LogP contribution in [0.3, 0.4) is 0 Å². The van der Waals surface area contributed by atoms with Crippen LogP contribution >= 0.6 is 0 Å². The Balaban J connectivity index is 2.11. The number of ketones is 1. The van der Waals surface area contributed by atoms with Crippen molar-refractivity contribution in [1.29, 1.82) is 0 Å². The van der Waals surface area contributed by atoms with E-state index in [1.165, 1.54) is 0 Å². The van der Waals surface area contributed by atoms with Gasteiger partial charge >= 0.3 is 5.97 Å². The molecular weight excluding hydrogens is 250 g/mol. The van der Waals surface area contributed by atoms with Crippen LogP contribution in [0.1, 0.15) is 26.2 Å². The van der Waals surface area contributed by atoms with Crippen molar-refractivity contribution in [1.82, 2.24) is 0 Å². The Labute approximate surface area is 109 Å². The molecule has 0 aromatic heterocycles. The normalized spacial score (nSPS) is 25.4. The summed E-state index contributed by atoms with van der Waals surface area (Å²) in [6.07, 6.45) is 1.48. The molecule has 1 N–H and O–H groups in total. The van der Waals surface area contributed by atoms with Gasteiger partial charge in [0, 0.05) is 24.3 Å². The van der Waals surface area contributed by atoms with E-state index in [4.69, 9.17) is 14.6 Å². The minimum atomic E-state index is -1.27. The lowest BCUT2D eigenvalue weighted by Gasteiger charge is -2.27. The van der Waals surface area contributed by atoms with Gasteiger partial charge in [-0.15, -0.1) is 0 Å². The number of ether oxygens (including phenoxy) is 2. The molecule has 100 valence electrons. The minimum Gasteiger partial charge on any atom is -0.476 e. The molecule has 2 aliphatic heterocycles. The van der Waals surface area contributed by atoms with Crippen LogP contribution < -0.4 is 0 Å². The van der Waals surface area contributed by atoms with E-state index in [1.807, 2.05) is 6.92 Å². The third-order valence-corrected chi connectivity index (χ3v) is 3.62. The van der Waals surface area contributed by atoms with Gasteiger partial charge in [-0.1, -0.05) is 6.92 Å². The summed E-state index contributed by atoms with van der Waals surface area (Å²) in [4.78, 5) is 26.9. The number of carboxylic acids is 1. The summed E-state index contributed by atoms with van der Waals surface area (Å²) in [7, 11) is 0. The van der Waals surface area contributed by atoms with Gasteiger partial charge in [0.2, 0.25) is 6.79 Å². The molecule has 0 radical (unpaired) electrons. The highest BCUT2D eigenvalue weighted by Gasteiger charge is 2.39. The third kappa shape index (κ3) is 1.75. The fourth-order valence-electron chi connectivity index (χ4n) is 2.66. The van der Waals surface area contributed by atoms with E-state index < -0.39 is 11.8 Å². The number of carbonyl (C=O) groups excluding carboxylic acids is 1. The molecule has 2 heterocycles. The number of aliphatic carboxylic acids is 1. The Kier molecular flexibility index (Phi) is 2.66. The summed E-state index contributed by atoms with van der Waals surface area (Å²) in [6, 6.07) is 0. The van der Waals surface area contributed by atoms with Gasteiger partial charge in [0.15, 0.2) is 17.3 Å². The number of fused-ring (bicyclic) bond motifs is 1.